The summed E-state index contributed by atoms with van der Waals surface area (Å²) in [6.07, 6.45) is -4.14. The molecule has 0 saturated carbocycles. The van der Waals surface area contributed by atoms with Crippen molar-refractivity contribution in [1.82, 2.24) is 0 Å². The van der Waals surface area contributed by atoms with Gasteiger partial charge in [-0.3, -0.25) is 9.59 Å². The smallest absolute Gasteiger partial charge is 0.303 e. The summed E-state index contributed by atoms with van der Waals surface area (Å²) in [5.74, 6) is -0.499. The van der Waals surface area contributed by atoms with Crippen LogP contribution in [0, 0.1) is 0 Å². The molecule has 116 valence electrons. The third-order valence-electron chi connectivity index (χ3n) is 2.73. The van der Waals surface area contributed by atoms with E-state index in [1.807, 2.05) is 6.92 Å². The van der Waals surface area contributed by atoms with Crippen LogP contribution in [0.3, 0.4) is 0 Å². The highest BCUT2D eigenvalue weighted by molar-refractivity contribution is 7.99. The minimum atomic E-state index is -1.26. The highest BCUT2D eigenvalue weighted by Gasteiger charge is 2.49. The zero-order valence-corrected chi connectivity index (χ0v) is 12.5. The Kier molecular flexibility index (Phi) is 6.74. The van der Waals surface area contributed by atoms with Crippen LogP contribution in [-0.2, 0) is 23.8 Å². The number of ether oxygens (including phenoxy) is 3. The van der Waals surface area contributed by atoms with Gasteiger partial charge in [0.1, 0.15) is 17.6 Å². The highest BCUT2D eigenvalue weighted by atomic mass is 32.2. The van der Waals surface area contributed by atoms with Crippen LogP contribution in [0.2, 0.25) is 0 Å². The minimum Gasteiger partial charge on any atom is -0.456 e. The monoisotopic (exact) mass is 308 g/mol. The Labute approximate surface area is 121 Å². The third kappa shape index (κ3) is 4.34. The summed E-state index contributed by atoms with van der Waals surface area (Å²) in [7, 11) is 0. The van der Waals surface area contributed by atoms with Gasteiger partial charge in [-0.15, -0.1) is 11.8 Å². The van der Waals surface area contributed by atoms with Gasteiger partial charge in [0.25, 0.3) is 0 Å². The molecular weight excluding hydrogens is 288 g/mol. The van der Waals surface area contributed by atoms with Crippen LogP contribution in [0.25, 0.3) is 0 Å². The number of aliphatic hydroxyl groups is 2. The minimum absolute atomic E-state index is 0.424. The Bertz CT molecular complexity index is 333. The first kappa shape index (κ1) is 17.2. The van der Waals surface area contributed by atoms with Crippen LogP contribution < -0.4 is 0 Å². The second-order valence-electron chi connectivity index (χ2n) is 4.32. The number of esters is 2. The van der Waals surface area contributed by atoms with E-state index >= 15 is 0 Å². The summed E-state index contributed by atoms with van der Waals surface area (Å²) in [5, 5.41) is 19.3. The fourth-order valence-electron chi connectivity index (χ4n) is 1.98. The Morgan fingerprint density at radius 1 is 1.20 bits per heavy atom. The first-order valence-electron chi connectivity index (χ1n) is 6.31. The Hall–Kier alpha value is -0.830. The number of carbonyl (C=O) groups excluding carboxylic acids is 2. The van der Waals surface area contributed by atoms with Crippen molar-refractivity contribution in [3.8, 4) is 0 Å². The number of carbonyl (C=O) groups is 2. The fourth-order valence-corrected chi connectivity index (χ4v) is 2.93. The van der Waals surface area contributed by atoms with Gasteiger partial charge in [0.2, 0.25) is 0 Å². The van der Waals surface area contributed by atoms with Gasteiger partial charge in [-0.2, -0.15) is 0 Å². The van der Waals surface area contributed by atoms with E-state index in [1.54, 1.807) is 0 Å². The number of thioether (sulfide) groups is 1. The molecule has 0 radical (unpaired) electrons. The second-order valence-corrected chi connectivity index (χ2v) is 5.69. The molecule has 1 saturated heterocycles. The first-order chi connectivity index (χ1) is 9.40. The number of aliphatic hydroxyl groups excluding tert-OH is 2. The predicted molar refractivity (Wildman–Crippen MR) is 71.0 cm³/mol. The number of hydrogen-bond donors (Lipinski definition) is 2. The summed E-state index contributed by atoms with van der Waals surface area (Å²) in [6, 6.07) is 0. The van der Waals surface area contributed by atoms with Crippen LogP contribution in [0.4, 0.5) is 0 Å². The van der Waals surface area contributed by atoms with E-state index in [4.69, 9.17) is 14.2 Å². The molecule has 0 aromatic heterocycles. The maximum absolute atomic E-state index is 11.2. The summed E-state index contributed by atoms with van der Waals surface area (Å²) < 4.78 is 15.7. The maximum Gasteiger partial charge on any atom is 0.303 e. The third-order valence-corrected chi connectivity index (χ3v) is 3.77. The van der Waals surface area contributed by atoms with Gasteiger partial charge in [0.15, 0.2) is 12.2 Å². The molecule has 8 heteroatoms. The van der Waals surface area contributed by atoms with Crippen molar-refractivity contribution >= 4 is 23.7 Å². The van der Waals surface area contributed by atoms with Gasteiger partial charge in [-0.05, 0) is 5.75 Å². The predicted octanol–water partition coefficient (Wildman–Crippen LogP) is -0.319. The average Bonchev–Trinajstić information content (AvgIpc) is 2.36. The molecule has 7 nitrogen and oxygen atoms in total. The molecule has 5 atom stereocenters. The largest absolute Gasteiger partial charge is 0.456 e. The fraction of sp³-hybridized carbons (Fsp3) is 0.833. The van der Waals surface area contributed by atoms with Crippen molar-refractivity contribution in [2.24, 2.45) is 0 Å². The van der Waals surface area contributed by atoms with Crippen molar-refractivity contribution in [3.05, 3.63) is 0 Å². The van der Waals surface area contributed by atoms with Gasteiger partial charge >= 0.3 is 11.9 Å². The molecule has 1 aliphatic rings. The van der Waals surface area contributed by atoms with E-state index in [0.717, 1.165) is 0 Å². The van der Waals surface area contributed by atoms with Gasteiger partial charge in [0, 0.05) is 13.8 Å². The van der Waals surface area contributed by atoms with Crippen molar-refractivity contribution in [1.29, 1.82) is 0 Å². The Morgan fingerprint density at radius 2 is 1.75 bits per heavy atom. The first-order valence-corrected chi connectivity index (χ1v) is 7.36. The van der Waals surface area contributed by atoms with E-state index < -0.39 is 48.4 Å². The molecule has 1 aliphatic heterocycles. The Balaban J connectivity index is 2.98. The summed E-state index contributed by atoms with van der Waals surface area (Å²) in [5.41, 5.74) is -0.617. The molecule has 0 aromatic carbocycles. The van der Waals surface area contributed by atoms with Crippen molar-refractivity contribution in [2.45, 2.75) is 50.6 Å². The van der Waals surface area contributed by atoms with E-state index in [0.29, 0.717) is 5.75 Å². The standard InChI is InChI=1S/C12H20O7S/c1-4-20-12-11(18-7(3)15)10(17-6(2)14)9(16)8(5-13)19-12/h8-13,16H,4-5H2,1-3H3/t8-,9-,10+,11-,12+/m1/s1. The number of rotatable bonds is 5. The lowest BCUT2D eigenvalue weighted by molar-refractivity contribution is -0.228. The Morgan fingerprint density at radius 3 is 2.20 bits per heavy atom. The SMILES string of the molecule is CCS[C@@H]1O[C@H](CO)[C@@H](O)[C@H](OC(C)=O)[C@H]1OC(C)=O. The van der Waals surface area contributed by atoms with Gasteiger partial charge in [-0.1, -0.05) is 6.92 Å². The van der Waals surface area contributed by atoms with Crippen molar-refractivity contribution in [2.75, 3.05) is 12.4 Å². The maximum atomic E-state index is 11.2. The van der Waals surface area contributed by atoms with Crippen LogP contribution in [-0.4, -0.2) is 64.4 Å². The van der Waals surface area contributed by atoms with Crippen molar-refractivity contribution < 1.29 is 34.0 Å². The zero-order chi connectivity index (χ0) is 15.3. The quantitative estimate of drug-likeness (QED) is 0.666. The van der Waals surface area contributed by atoms with Crippen LogP contribution >= 0.6 is 11.8 Å². The van der Waals surface area contributed by atoms with E-state index in [-0.39, 0.29) is 0 Å². The van der Waals surface area contributed by atoms with Gasteiger partial charge < -0.3 is 24.4 Å². The lowest BCUT2D eigenvalue weighted by Gasteiger charge is -2.42. The summed E-state index contributed by atoms with van der Waals surface area (Å²) in [4.78, 5) is 22.4. The van der Waals surface area contributed by atoms with Gasteiger partial charge in [0.05, 0.1) is 6.61 Å². The molecule has 2 N–H and O–H groups in total. The molecule has 0 amide bonds. The molecule has 0 aromatic rings. The molecule has 20 heavy (non-hydrogen) atoms. The lowest BCUT2D eigenvalue weighted by atomic mass is 10.00. The van der Waals surface area contributed by atoms with Crippen LogP contribution in [0.1, 0.15) is 20.8 Å². The second kappa shape index (κ2) is 7.82. The molecule has 1 fully saturated rings. The normalized spacial score (nSPS) is 33.5. The van der Waals surface area contributed by atoms with E-state index in [9.17, 15) is 19.8 Å². The number of hydrogen-bond acceptors (Lipinski definition) is 8. The summed E-state index contributed by atoms with van der Waals surface area (Å²) >= 11 is 1.34. The van der Waals surface area contributed by atoms with Crippen LogP contribution in [0.5, 0.6) is 0 Å². The molecule has 0 aliphatic carbocycles. The van der Waals surface area contributed by atoms with Gasteiger partial charge in [-0.25, -0.2) is 0 Å². The molecule has 0 bridgehead atoms. The topological polar surface area (TPSA) is 102 Å². The summed E-state index contributed by atoms with van der Waals surface area (Å²) in [6.45, 7) is 3.89. The lowest BCUT2D eigenvalue weighted by Crippen LogP contribution is -2.60. The zero-order valence-electron chi connectivity index (χ0n) is 11.6. The molecule has 0 unspecified atom stereocenters. The van der Waals surface area contributed by atoms with E-state index in [2.05, 4.69) is 0 Å². The molecular formula is C12H20O7S. The highest BCUT2D eigenvalue weighted by Crippen LogP contribution is 2.32. The molecule has 1 heterocycles. The van der Waals surface area contributed by atoms with Crippen molar-refractivity contribution in [3.63, 3.8) is 0 Å². The molecule has 1 rings (SSSR count). The van der Waals surface area contributed by atoms with Crippen LogP contribution in [0.15, 0.2) is 0 Å². The van der Waals surface area contributed by atoms with E-state index in [1.165, 1.54) is 25.6 Å². The average molecular weight is 308 g/mol. The molecule has 0 spiro atoms.